The van der Waals surface area contributed by atoms with E-state index in [0.29, 0.717) is 6.42 Å². The van der Waals surface area contributed by atoms with Gasteiger partial charge in [0.25, 0.3) is 0 Å². The molecular weight excluding hydrogens is 208 g/mol. The second-order valence-electron chi connectivity index (χ2n) is 3.59. The third kappa shape index (κ3) is 4.83. The standard InChI is InChI=1S/C12H15ClN2/c1-15(8-3-7-14)9-6-11-4-2-5-12(13)10-11/h2,4-5,10H,3,6,8-9H2,1H3. The first kappa shape index (κ1) is 12.0. The molecule has 0 fully saturated rings. The van der Waals surface area contributed by atoms with Crippen LogP contribution < -0.4 is 0 Å². The van der Waals surface area contributed by atoms with Gasteiger partial charge < -0.3 is 4.90 Å². The summed E-state index contributed by atoms with van der Waals surface area (Å²) in [7, 11) is 2.03. The van der Waals surface area contributed by atoms with E-state index >= 15 is 0 Å². The van der Waals surface area contributed by atoms with Crippen LogP contribution in [0.2, 0.25) is 5.02 Å². The summed E-state index contributed by atoms with van der Waals surface area (Å²) in [4.78, 5) is 2.16. The van der Waals surface area contributed by atoms with Gasteiger partial charge in [0.05, 0.1) is 6.07 Å². The minimum Gasteiger partial charge on any atom is -0.305 e. The van der Waals surface area contributed by atoms with Crippen LogP contribution in [-0.2, 0) is 6.42 Å². The Morgan fingerprint density at radius 2 is 2.20 bits per heavy atom. The van der Waals surface area contributed by atoms with Gasteiger partial charge in [-0.1, -0.05) is 23.7 Å². The van der Waals surface area contributed by atoms with E-state index in [9.17, 15) is 0 Å². The lowest BCUT2D eigenvalue weighted by molar-refractivity contribution is 0.346. The molecule has 2 nitrogen and oxygen atoms in total. The average molecular weight is 223 g/mol. The molecule has 0 unspecified atom stereocenters. The van der Waals surface area contributed by atoms with Crippen LogP contribution >= 0.6 is 11.6 Å². The number of hydrogen-bond acceptors (Lipinski definition) is 2. The van der Waals surface area contributed by atoms with Crippen LogP contribution in [-0.4, -0.2) is 25.0 Å². The summed E-state index contributed by atoms with van der Waals surface area (Å²) < 4.78 is 0. The molecule has 0 aliphatic heterocycles. The number of halogens is 1. The summed E-state index contributed by atoms with van der Waals surface area (Å²) in [6.07, 6.45) is 1.56. The van der Waals surface area contributed by atoms with Gasteiger partial charge in [-0.05, 0) is 31.2 Å². The van der Waals surface area contributed by atoms with Crippen molar-refractivity contribution in [3.63, 3.8) is 0 Å². The van der Waals surface area contributed by atoms with E-state index in [-0.39, 0.29) is 0 Å². The monoisotopic (exact) mass is 222 g/mol. The lowest BCUT2D eigenvalue weighted by atomic mass is 10.1. The van der Waals surface area contributed by atoms with Gasteiger partial charge in [0.15, 0.2) is 0 Å². The van der Waals surface area contributed by atoms with Crippen LogP contribution in [0.4, 0.5) is 0 Å². The van der Waals surface area contributed by atoms with Crippen molar-refractivity contribution in [2.75, 3.05) is 20.1 Å². The molecule has 0 amide bonds. The number of benzene rings is 1. The second kappa shape index (κ2) is 6.44. The Labute approximate surface area is 96.1 Å². The fourth-order valence-corrected chi connectivity index (χ4v) is 1.58. The summed E-state index contributed by atoms with van der Waals surface area (Å²) in [6, 6.07) is 10.0. The molecular formula is C12H15ClN2. The van der Waals surface area contributed by atoms with Crippen molar-refractivity contribution in [3.05, 3.63) is 34.9 Å². The fraction of sp³-hybridized carbons (Fsp3) is 0.417. The SMILES string of the molecule is CN(CCC#N)CCc1cccc(Cl)c1. The molecule has 15 heavy (non-hydrogen) atoms. The molecule has 3 heteroatoms. The van der Waals surface area contributed by atoms with Gasteiger partial charge in [-0.15, -0.1) is 0 Å². The Morgan fingerprint density at radius 3 is 2.87 bits per heavy atom. The normalized spacial score (nSPS) is 10.3. The maximum atomic E-state index is 8.44. The molecule has 1 rings (SSSR count). The van der Waals surface area contributed by atoms with Crippen molar-refractivity contribution in [1.29, 1.82) is 5.26 Å². The summed E-state index contributed by atoms with van der Waals surface area (Å²) in [5.41, 5.74) is 1.24. The van der Waals surface area contributed by atoms with Crippen LogP contribution in [0.5, 0.6) is 0 Å². The van der Waals surface area contributed by atoms with Gasteiger partial charge in [-0.25, -0.2) is 0 Å². The smallest absolute Gasteiger partial charge is 0.0635 e. The molecule has 1 aromatic carbocycles. The topological polar surface area (TPSA) is 27.0 Å². The van der Waals surface area contributed by atoms with E-state index in [1.165, 1.54) is 5.56 Å². The number of likely N-dealkylation sites (N-methyl/N-ethyl adjacent to an activating group) is 1. The maximum Gasteiger partial charge on any atom is 0.0635 e. The first-order valence-corrected chi connectivity index (χ1v) is 5.40. The predicted octanol–water partition coefficient (Wildman–Crippen LogP) is 2.73. The highest BCUT2D eigenvalue weighted by Crippen LogP contribution is 2.11. The average Bonchev–Trinajstić information content (AvgIpc) is 2.23. The van der Waals surface area contributed by atoms with Crippen molar-refractivity contribution >= 4 is 11.6 Å². The van der Waals surface area contributed by atoms with Gasteiger partial charge in [0.2, 0.25) is 0 Å². The molecule has 0 N–H and O–H groups in total. The summed E-state index contributed by atoms with van der Waals surface area (Å²) in [5, 5.41) is 9.23. The van der Waals surface area contributed by atoms with E-state index in [1.807, 2.05) is 25.2 Å². The summed E-state index contributed by atoms with van der Waals surface area (Å²) in [6.45, 7) is 1.79. The van der Waals surface area contributed by atoms with Crippen LogP contribution in [0, 0.1) is 11.3 Å². The zero-order chi connectivity index (χ0) is 11.1. The highest BCUT2D eigenvalue weighted by Gasteiger charge is 1.99. The number of hydrogen-bond donors (Lipinski definition) is 0. The molecule has 1 aromatic rings. The van der Waals surface area contributed by atoms with E-state index in [4.69, 9.17) is 16.9 Å². The van der Waals surface area contributed by atoms with Crippen LogP contribution in [0.3, 0.4) is 0 Å². The lowest BCUT2D eigenvalue weighted by Gasteiger charge is -2.14. The molecule has 0 spiro atoms. The zero-order valence-electron chi connectivity index (χ0n) is 8.91. The fourth-order valence-electron chi connectivity index (χ4n) is 1.37. The van der Waals surface area contributed by atoms with Crippen molar-refractivity contribution in [2.24, 2.45) is 0 Å². The third-order valence-corrected chi connectivity index (χ3v) is 2.51. The highest BCUT2D eigenvalue weighted by atomic mass is 35.5. The molecule has 0 saturated carbocycles. The van der Waals surface area contributed by atoms with Gasteiger partial charge in [0.1, 0.15) is 0 Å². The molecule has 0 radical (unpaired) electrons. The first-order chi connectivity index (χ1) is 7.22. The Bertz CT molecular complexity index is 344. The van der Waals surface area contributed by atoms with Gasteiger partial charge in [-0.2, -0.15) is 5.26 Å². The number of nitrogens with zero attached hydrogens (tertiary/aromatic N) is 2. The summed E-state index contributed by atoms with van der Waals surface area (Å²) in [5.74, 6) is 0. The molecule has 0 aliphatic carbocycles. The van der Waals surface area contributed by atoms with E-state index < -0.39 is 0 Å². The molecule has 0 aromatic heterocycles. The molecule has 0 aliphatic rings. The first-order valence-electron chi connectivity index (χ1n) is 5.02. The van der Waals surface area contributed by atoms with Crippen molar-refractivity contribution in [1.82, 2.24) is 4.90 Å². The van der Waals surface area contributed by atoms with Gasteiger partial charge in [-0.3, -0.25) is 0 Å². The molecule has 0 saturated heterocycles. The Morgan fingerprint density at radius 1 is 1.40 bits per heavy atom. The second-order valence-corrected chi connectivity index (χ2v) is 4.03. The Balaban J connectivity index is 2.34. The summed E-state index contributed by atoms with van der Waals surface area (Å²) >= 11 is 5.89. The molecule has 0 heterocycles. The van der Waals surface area contributed by atoms with Gasteiger partial charge in [0, 0.05) is 24.5 Å². The minimum absolute atomic E-state index is 0.589. The Kier molecular flexibility index (Phi) is 5.17. The lowest BCUT2D eigenvalue weighted by Crippen LogP contribution is -2.22. The van der Waals surface area contributed by atoms with Crippen molar-refractivity contribution in [3.8, 4) is 6.07 Å². The Hall–Kier alpha value is -1.04. The zero-order valence-corrected chi connectivity index (χ0v) is 9.67. The third-order valence-electron chi connectivity index (χ3n) is 2.28. The van der Waals surface area contributed by atoms with Crippen molar-refractivity contribution in [2.45, 2.75) is 12.8 Å². The molecule has 0 bridgehead atoms. The minimum atomic E-state index is 0.589. The van der Waals surface area contributed by atoms with Gasteiger partial charge >= 0.3 is 0 Å². The molecule has 0 atom stereocenters. The quantitative estimate of drug-likeness (QED) is 0.766. The van der Waals surface area contributed by atoms with Crippen LogP contribution in [0.15, 0.2) is 24.3 Å². The maximum absolute atomic E-state index is 8.44. The van der Waals surface area contributed by atoms with Crippen LogP contribution in [0.1, 0.15) is 12.0 Å². The largest absolute Gasteiger partial charge is 0.305 e. The van der Waals surface area contributed by atoms with Crippen LogP contribution in [0.25, 0.3) is 0 Å². The number of nitriles is 1. The highest BCUT2D eigenvalue weighted by molar-refractivity contribution is 6.30. The van der Waals surface area contributed by atoms with E-state index in [1.54, 1.807) is 0 Å². The predicted molar refractivity (Wildman–Crippen MR) is 62.9 cm³/mol. The number of rotatable bonds is 5. The molecule has 80 valence electrons. The van der Waals surface area contributed by atoms with E-state index in [2.05, 4.69) is 17.0 Å². The van der Waals surface area contributed by atoms with Crippen molar-refractivity contribution < 1.29 is 0 Å². The van der Waals surface area contributed by atoms with E-state index in [0.717, 1.165) is 24.5 Å².